The molecule has 94 valence electrons. The van der Waals surface area contributed by atoms with Crippen molar-refractivity contribution in [2.24, 2.45) is 0 Å². The standard InChI is InChI=1S/C17H15NO/c1-2-13-4-3-5-16(11-13)18-12-14-6-7-17-15(10-14)8-9-19-17/h1,3-7,10-11,18H,8-9,12H2. The number of hydrogen-bond donors (Lipinski definition) is 1. The maximum absolute atomic E-state index is 5.50. The van der Waals surface area contributed by atoms with Crippen LogP contribution in [0.15, 0.2) is 42.5 Å². The Balaban J connectivity index is 1.70. The second kappa shape index (κ2) is 5.07. The lowest BCUT2D eigenvalue weighted by Gasteiger charge is -2.08. The van der Waals surface area contributed by atoms with Crippen molar-refractivity contribution in [2.75, 3.05) is 11.9 Å². The van der Waals surface area contributed by atoms with E-state index in [1.807, 2.05) is 24.3 Å². The number of hydrogen-bond acceptors (Lipinski definition) is 2. The molecule has 0 aliphatic carbocycles. The molecule has 0 amide bonds. The molecule has 19 heavy (non-hydrogen) atoms. The van der Waals surface area contributed by atoms with E-state index >= 15 is 0 Å². The number of terminal acetylenes is 1. The molecular weight excluding hydrogens is 234 g/mol. The molecule has 0 radical (unpaired) electrons. The average Bonchev–Trinajstić information content (AvgIpc) is 2.93. The highest BCUT2D eigenvalue weighted by atomic mass is 16.5. The minimum atomic E-state index is 0.793. The Kier molecular flexibility index (Phi) is 3.12. The van der Waals surface area contributed by atoms with E-state index in [2.05, 4.69) is 29.4 Å². The van der Waals surface area contributed by atoms with Gasteiger partial charge in [-0.3, -0.25) is 0 Å². The second-order valence-corrected chi connectivity index (χ2v) is 4.62. The molecule has 0 saturated heterocycles. The average molecular weight is 249 g/mol. The van der Waals surface area contributed by atoms with E-state index in [1.54, 1.807) is 0 Å². The van der Waals surface area contributed by atoms with Gasteiger partial charge in [-0.05, 0) is 35.4 Å². The molecule has 0 fully saturated rings. The number of fused-ring (bicyclic) bond motifs is 1. The fourth-order valence-corrected chi connectivity index (χ4v) is 2.27. The van der Waals surface area contributed by atoms with Crippen LogP contribution in [0.3, 0.4) is 0 Å². The second-order valence-electron chi connectivity index (χ2n) is 4.62. The van der Waals surface area contributed by atoms with E-state index in [9.17, 15) is 0 Å². The van der Waals surface area contributed by atoms with Gasteiger partial charge in [0.15, 0.2) is 0 Å². The number of nitrogens with one attached hydrogen (secondary N) is 1. The molecular formula is C17H15NO. The summed E-state index contributed by atoms with van der Waals surface area (Å²) in [5.74, 6) is 3.67. The normalized spacial score (nSPS) is 12.4. The van der Waals surface area contributed by atoms with Crippen molar-refractivity contribution in [2.45, 2.75) is 13.0 Å². The molecule has 1 heterocycles. The zero-order valence-electron chi connectivity index (χ0n) is 10.6. The molecule has 2 aromatic carbocycles. The van der Waals surface area contributed by atoms with Crippen molar-refractivity contribution in [3.05, 3.63) is 59.2 Å². The largest absolute Gasteiger partial charge is 0.493 e. The first kappa shape index (κ1) is 11.7. The van der Waals surface area contributed by atoms with Crippen LogP contribution in [0.1, 0.15) is 16.7 Å². The lowest BCUT2D eigenvalue weighted by molar-refractivity contribution is 0.357. The summed E-state index contributed by atoms with van der Waals surface area (Å²) in [6.45, 7) is 1.59. The Bertz CT molecular complexity index is 640. The Morgan fingerprint density at radius 1 is 1.21 bits per heavy atom. The van der Waals surface area contributed by atoms with Crippen molar-refractivity contribution in [1.82, 2.24) is 0 Å². The van der Waals surface area contributed by atoms with Crippen LogP contribution < -0.4 is 10.1 Å². The summed E-state index contributed by atoms with van der Waals surface area (Å²) < 4.78 is 5.50. The Hall–Kier alpha value is -2.40. The van der Waals surface area contributed by atoms with E-state index in [0.29, 0.717) is 0 Å². The predicted octanol–water partition coefficient (Wildman–Crippen LogP) is 3.21. The van der Waals surface area contributed by atoms with E-state index < -0.39 is 0 Å². The van der Waals surface area contributed by atoms with Gasteiger partial charge in [0, 0.05) is 24.2 Å². The Morgan fingerprint density at radius 2 is 2.16 bits per heavy atom. The first-order chi connectivity index (χ1) is 9.35. The summed E-state index contributed by atoms with van der Waals surface area (Å²) in [5, 5.41) is 3.39. The molecule has 0 unspecified atom stereocenters. The molecule has 1 aliphatic rings. The number of rotatable bonds is 3. The van der Waals surface area contributed by atoms with Crippen molar-refractivity contribution in [1.29, 1.82) is 0 Å². The summed E-state index contributed by atoms with van der Waals surface area (Å²) in [4.78, 5) is 0. The quantitative estimate of drug-likeness (QED) is 0.843. The van der Waals surface area contributed by atoms with Crippen molar-refractivity contribution in [3.63, 3.8) is 0 Å². The first-order valence-corrected chi connectivity index (χ1v) is 6.40. The maximum atomic E-state index is 5.50. The van der Waals surface area contributed by atoms with E-state index in [-0.39, 0.29) is 0 Å². The topological polar surface area (TPSA) is 21.3 Å². The van der Waals surface area contributed by atoms with Crippen LogP contribution in [0.4, 0.5) is 5.69 Å². The van der Waals surface area contributed by atoms with Gasteiger partial charge in [0.1, 0.15) is 5.75 Å². The molecule has 0 bridgehead atoms. The fraction of sp³-hybridized carbons (Fsp3) is 0.176. The summed E-state index contributed by atoms with van der Waals surface area (Å²) in [5.41, 5.74) is 4.51. The summed E-state index contributed by atoms with van der Waals surface area (Å²) in [7, 11) is 0. The third-order valence-corrected chi connectivity index (χ3v) is 3.28. The smallest absolute Gasteiger partial charge is 0.122 e. The SMILES string of the molecule is C#Cc1cccc(NCc2ccc3c(c2)CCO3)c1. The lowest BCUT2D eigenvalue weighted by atomic mass is 10.1. The molecule has 1 aliphatic heterocycles. The third-order valence-electron chi connectivity index (χ3n) is 3.28. The Morgan fingerprint density at radius 3 is 3.05 bits per heavy atom. The minimum Gasteiger partial charge on any atom is -0.493 e. The minimum absolute atomic E-state index is 0.793. The van der Waals surface area contributed by atoms with Crippen molar-refractivity contribution >= 4 is 5.69 Å². The van der Waals surface area contributed by atoms with Crippen LogP contribution in [0.25, 0.3) is 0 Å². The molecule has 2 nitrogen and oxygen atoms in total. The number of anilines is 1. The monoisotopic (exact) mass is 249 g/mol. The zero-order valence-corrected chi connectivity index (χ0v) is 10.6. The van der Waals surface area contributed by atoms with Crippen LogP contribution in [0, 0.1) is 12.3 Å². The molecule has 1 N–H and O–H groups in total. The molecule has 2 heteroatoms. The maximum Gasteiger partial charge on any atom is 0.122 e. The molecule has 2 aromatic rings. The molecule has 3 rings (SSSR count). The van der Waals surface area contributed by atoms with E-state index in [1.165, 1.54) is 11.1 Å². The van der Waals surface area contributed by atoms with Crippen LogP contribution in [0.5, 0.6) is 5.75 Å². The molecule has 0 atom stereocenters. The third kappa shape index (κ3) is 2.56. The zero-order chi connectivity index (χ0) is 13.1. The Labute approximate surface area is 113 Å². The van der Waals surface area contributed by atoms with Gasteiger partial charge < -0.3 is 10.1 Å². The number of ether oxygens (including phenoxy) is 1. The van der Waals surface area contributed by atoms with Crippen LogP contribution >= 0.6 is 0 Å². The highest BCUT2D eigenvalue weighted by Crippen LogP contribution is 2.26. The highest BCUT2D eigenvalue weighted by molar-refractivity contribution is 5.50. The van der Waals surface area contributed by atoms with Gasteiger partial charge >= 0.3 is 0 Å². The first-order valence-electron chi connectivity index (χ1n) is 6.40. The highest BCUT2D eigenvalue weighted by Gasteiger charge is 2.11. The van der Waals surface area contributed by atoms with Crippen molar-refractivity contribution < 1.29 is 4.74 Å². The van der Waals surface area contributed by atoms with Crippen LogP contribution in [-0.4, -0.2) is 6.61 Å². The van der Waals surface area contributed by atoms with Gasteiger partial charge in [0.05, 0.1) is 6.61 Å². The van der Waals surface area contributed by atoms with E-state index in [0.717, 1.165) is 36.6 Å². The summed E-state index contributed by atoms with van der Waals surface area (Å²) in [6, 6.07) is 14.3. The molecule has 0 spiro atoms. The fourth-order valence-electron chi connectivity index (χ4n) is 2.27. The summed E-state index contributed by atoms with van der Waals surface area (Å²) >= 11 is 0. The molecule has 0 saturated carbocycles. The number of benzene rings is 2. The van der Waals surface area contributed by atoms with E-state index in [4.69, 9.17) is 11.2 Å². The summed E-state index contributed by atoms with van der Waals surface area (Å²) in [6.07, 6.45) is 6.41. The van der Waals surface area contributed by atoms with Crippen LogP contribution in [0.2, 0.25) is 0 Å². The van der Waals surface area contributed by atoms with Gasteiger partial charge in [0.25, 0.3) is 0 Å². The van der Waals surface area contributed by atoms with Gasteiger partial charge in [0.2, 0.25) is 0 Å². The predicted molar refractivity (Wildman–Crippen MR) is 77.3 cm³/mol. The van der Waals surface area contributed by atoms with Gasteiger partial charge in [-0.15, -0.1) is 6.42 Å². The van der Waals surface area contributed by atoms with Gasteiger partial charge in [-0.25, -0.2) is 0 Å². The van der Waals surface area contributed by atoms with Gasteiger partial charge in [-0.1, -0.05) is 24.1 Å². The van der Waals surface area contributed by atoms with Crippen LogP contribution in [-0.2, 0) is 13.0 Å². The van der Waals surface area contributed by atoms with Gasteiger partial charge in [-0.2, -0.15) is 0 Å². The molecule has 0 aromatic heterocycles. The lowest BCUT2D eigenvalue weighted by Crippen LogP contribution is -1.99. The van der Waals surface area contributed by atoms with Crippen molar-refractivity contribution in [3.8, 4) is 18.1 Å².